The highest BCUT2D eigenvalue weighted by Gasteiger charge is 2.32. The van der Waals surface area contributed by atoms with Crippen LogP contribution in [0.4, 0.5) is 10.1 Å². The average Bonchev–Trinajstić information content (AvgIpc) is 3.08. The third-order valence-corrected chi connectivity index (χ3v) is 5.80. The number of carbonyl (C=O) groups excluding carboxylic acids is 1. The summed E-state index contributed by atoms with van der Waals surface area (Å²) in [6.07, 6.45) is 1.46. The lowest BCUT2D eigenvalue weighted by molar-refractivity contribution is -0.133. The Morgan fingerprint density at radius 1 is 1.11 bits per heavy atom. The van der Waals surface area contributed by atoms with Gasteiger partial charge in [0.1, 0.15) is 5.82 Å². The van der Waals surface area contributed by atoms with E-state index in [4.69, 9.17) is 0 Å². The highest BCUT2D eigenvalue weighted by atomic mass is 19.1. The van der Waals surface area contributed by atoms with Crippen LogP contribution >= 0.6 is 0 Å². The van der Waals surface area contributed by atoms with Crippen molar-refractivity contribution in [2.75, 3.05) is 31.1 Å². The van der Waals surface area contributed by atoms with Crippen molar-refractivity contribution in [3.8, 4) is 0 Å². The van der Waals surface area contributed by atoms with E-state index < -0.39 is 6.10 Å². The number of fused-ring (bicyclic) bond motifs is 1. The second kappa shape index (κ2) is 7.69. The van der Waals surface area contributed by atoms with E-state index in [-0.39, 0.29) is 17.6 Å². The third-order valence-electron chi connectivity index (χ3n) is 5.80. The van der Waals surface area contributed by atoms with Crippen LogP contribution in [0.1, 0.15) is 17.5 Å². The lowest BCUT2D eigenvalue weighted by atomic mass is 9.88. The van der Waals surface area contributed by atoms with Gasteiger partial charge in [0.2, 0.25) is 5.91 Å². The molecule has 0 aromatic heterocycles. The Bertz CT molecular complexity index is 825. The fourth-order valence-corrected chi connectivity index (χ4v) is 4.23. The minimum atomic E-state index is -0.499. The van der Waals surface area contributed by atoms with Gasteiger partial charge in [-0.15, -0.1) is 0 Å². The van der Waals surface area contributed by atoms with E-state index in [0.717, 1.165) is 18.7 Å². The lowest BCUT2D eigenvalue weighted by Crippen LogP contribution is -2.49. The molecule has 2 heterocycles. The second-order valence-electron chi connectivity index (χ2n) is 7.55. The standard InChI is InChI=1S/C22H25FN2O2/c23-19-7-3-1-6-17(19)13-18-14-25(12-10-21(18)26)22(27)15-24-11-9-16-5-2-4-8-20(16)24/h1-8,18,21,26H,9-15H2/t18-,21-/m1/s1. The van der Waals surface area contributed by atoms with Gasteiger partial charge in [0.25, 0.3) is 0 Å². The number of benzene rings is 2. The second-order valence-corrected chi connectivity index (χ2v) is 7.55. The van der Waals surface area contributed by atoms with Crippen LogP contribution in [0.2, 0.25) is 0 Å². The summed E-state index contributed by atoms with van der Waals surface area (Å²) in [5, 5.41) is 10.4. The monoisotopic (exact) mass is 368 g/mol. The summed E-state index contributed by atoms with van der Waals surface area (Å²) in [6.45, 7) is 2.26. The van der Waals surface area contributed by atoms with E-state index in [1.54, 1.807) is 18.2 Å². The predicted octanol–water partition coefficient (Wildman–Crippen LogP) is 2.64. The van der Waals surface area contributed by atoms with E-state index >= 15 is 0 Å². The predicted molar refractivity (Wildman–Crippen MR) is 103 cm³/mol. The maximum absolute atomic E-state index is 14.0. The number of rotatable bonds is 4. The molecule has 2 aliphatic rings. The molecule has 1 N–H and O–H groups in total. The Balaban J connectivity index is 1.40. The number of amides is 1. The number of nitrogens with zero attached hydrogens (tertiary/aromatic N) is 2. The normalized spacial score (nSPS) is 22.0. The van der Waals surface area contributed by atoms with Crippen LogP contribution in [0.5, 0.6) is 0 Å². The number of para-hydroxylation sites is 1. The van der Waals surface area contributed by atoms with Crippen LogP contribution < -0.4 is 4.90 Å². The largest absolute Gasteiger partial charge is 0.393 e. The first-order valence-corrected chi connectivity index (χ1v) is 9.64. The maximum Gasteiger partial charge on any atom is 0.242 e. The number of anilines is 1. The van der Waals surface area contributed by atoms with Gasteiger partial charge in [-0.2, -0.15) is 0 Å². The summed E-state index contributed by atoms with van der Waals surface area (Å²) in [6, 6.07) is 14.9. The molecule has 0 saturated carbocycles. The minimum Gasteiger partial charge on any atom is -0.393 e. The topological polar surface area (TPSA) is 43.8 Å². The minimum absolute atomic E-state index is 0.0807. The van der Waals surface area contributed by atoms with E-state index in [9.17, 15) is 14.3 Å². The van der Waals surface area contributed by atoms with Crippen molar-refractivity contribution >= 4 is 11.6 Å². The number of hydrogen-bond acceptors (Lipinski definition) is 3. The smallest absolute Gasteiger partial charge is 0.242 e. The van der Waals surface area contributed by atoms with Gasteiger partial charge < -0.3 is 14.9 Å². The zero-order valence-electron chi connectivity index (χ0n) is 15.4. The molecule has 4 nitrogen and oxygen atoms in total. The molecule has 0 spiro atoms. The third kappa shape index (κ3) is 3.83. The first-order valence-electron chi connectivity index (χ1n) is 9.64. The van der Waals surface area contributed by atoms with Crippen LogP contribution in [0.3, 0.4) is 0 Å². The summed E-state index contributed by atoms with van der Waals surface area (Å²) in [4.78, 5) is 16.8. The van der Waals surface area contributed by atoms with E-state index in [0.29, 0.717) is 38.0 Å². The van der Waals surface area contributed by atoms with Crippen LogP contribution in [0.25, 0.3) is 0 Å². The van der Waals surface area contributed by atoms with Crippen molar-refractivity contribution in [1.82, 2.24) is 4.90 Å². The number of piperidine rings is 1. The molecule has 2 atom stereocenters. The maximum atomic E-state index is 14.0. The molecule has 1 saturated heterocycles. The van der Waals surface area contributed by atoms with Crippen molar-refractivity contribution in [1.29, 1.82) is 0 Å². The molecule has 0 radical (unpaired) electrons. The number of halogens is 1. The van der Waals surface area contributed by atoms with Gasteiger partial charge in [-0.1, -0.05) is 36.4 Å². The molecule has 1 fully saturated rings. The SMILES string of the molecule is O=C(CN1CCc2ccccc21)N1CC[C@@H](O)[C@H](Cc2ccccc2F)C1. The van der Waals surface area contributed by atoms with Crippen molar-refractivity contribution in [2.45, 2.75) is 25.4 Å². The Morgan fingerprint density at radius 3 is 2.74 bits per heavy atom. The number of hydrogen-bond donors (Lipinski definition) is 1. The van der Waals surface area contributed by atoms with Crippen LogP contribution in [-0.2, 0) is 17.6 Å². The molecule has 2 aromatic rings. The zero-order valence-corrected chi connectivity index (χ0v) is 15.4. The molecule has 2 aromatic carbocycles. The van der Waals surface area contributed by atoms with Crippen molar-refractivity contribution in [2.24, 2.45) is 5.92 Å². The molecular formula is C22H25FN2O2. The molecular weight excluding hydrogens is 343 g/mol. The lowest BCUT2D eigenvalue weighted by Gasteiger charge is -2.37. The highest BCUT2D eigenvalue weighted by Crippen LogP contribution is 2.28. The molecule has 142 valence electrons. The fraction of sp³-hybridized carbons (Fsp3) is 0.409. The molecule has 27 heavy (non-hydrogen) atoms. The zero-order chi connectivity index (χ0) is 18.8. The highest BCUT2D eigenvalue weighted by molar-refractivity contribution is 5.82. The summed E-state index contributed by atoms with van der Waals surface area (Å²) in [5.74, 6) is -0.301. The van der Waals surface area contributed by atoms with Gasteiger partial charge in [0, 0.05) is 31.2 Å². The van der Waals surface area contributed by atoms with E-state index in [1.165, 1.54) is 11.6 Å². The Kier molecular flexibility index (Phi) is 5.12. The molecule has 5 heteroatoms. The van der Waals surface area contributed by atoms with Gasteiger partial charge in [-0.05, 0) is 42.5 Å². The fourth-order valence-electron chi connectivity index (χ4n) is 4.23. The van der Waals surface area contributed by atoms with E-state index in [2.05, 4.69) is 17.0 Å². The van der Waals surface area contributed by atoms with Crippen molar-refractivity contribution in [3.63, 3.8) is 0 Å². The summed E-state index contributed by atoms with van der Waals surface area (Å²) in [7, 11) is 0. The molecule has 1 amide bonds. The molecule has 2 aliphatic heterocycles. The Morgan fingerprint density at radius 2 is 1.89 bits per heavy atom. The molecule has 4 rings (SSSR count). The number of aliphatic hydroxyl groups excluding tert-OH is 1. The van der Waals surface area contributed by atoms with Crippen LogP contribution in [0, 0.1) is 11.7 Å². The Labute approximate surface area is 159 Å². The van der Waals surface area contributed by atoms with Gasteiger partial charge in [-0.3, -0.25) is 4.79 Å². The average molecular weight is 368 g/mol. The van der Waals surface area contributed by atoms with Gasteiger partial charge in [-0.25, -0.2) is 4.39 Å². The van der Waals surface area contributed by atoms with Crippen LogP contribution in [0.15, 0.2) is 48.5 Å². The number of carbonyl (C=O) groups is 1. The summed E-state index contributed by atoms with van der Waals surface area (Å²) in [5.41, 5.74) is 3.03. The first-order chi connectivity index (χ1) is 13.1. The molecule has 0 aliphatic carbocycles. The summed E-state index contributed by atoms with van der Waals surface area (Å²) < 4.78 is 14.0. The molecule has 0 unspecified atom stereocenters. The first kappa shape index (κ1) is 18.0. The number of likely N-dealkylation sites (tertiary alicyclic amines) is 1. The quantitative estimate of drug-likeness (QED) is 0.902. The van der Waals surface area contributed by atoms with Crippen molar-refractivity contribution in [3.05, 3.63) is 65.5 Å². The summed E-state index contributed by atoms with van der Waals surface area (Å²) >= 11 is 0. The number of aliphatic hydroxyl groups is 1. The van der Waals surface area contributed by atoms with Crippen molar-refractivity contribution < 1.29 is 14.3 Å². The molecule has 0 bridgehead atoms. The van der Waals surface area contributed by atoms with Gasteiger partial charge >= 0.3 is 0 Å². The van der Waals surface area contributed by atoms with Gasteiger partial charge in [0.05, 0.1) is 12.6 Å². The van der Waals surface area contributed by atoms with Gasteiger partial charge in [0.15, 0.2) is 0 Å². The Hall–Kier alpha value is -2.40. The van der Waals surface area contributed by atoms with Crippen LogP contribution in [-0.4, -0.2) is 48.2 Å². The van der Waals surface area contributed by atoms with E-state index in [1.807, 2.05) is 17.0 Å².